The molecular formula is C20H29NO4. The fourth-order valence-corrected chi connectivity index (χ4v) is 4.68. The number of aliphatic hydroxyl groups excluding tert-OH is 1. The quantitative estimate of drug-likeness (QED) is 0.659. The molecule has 0 fully saturated rings. The van der Waals surface area contributed by atoms with Crippen molar-refractivity contribution < 1.29 is 24.5 Å². The number of quaternary nitrogens is 1. The minimum absolute atomic E-state index is 0. The van der Waals surface area contributed by atoms with Gasteiger partial charge >= 0.3 is 0 Å². The van der Waals surface area contributed by atoms with Crippen LogP contribution in [-0.2, 0) is 12.0 Å². The lowest BCUT2D eigenvalue weighted by atomic mass is 9.69. The van der Waals surface area contributed by atoms with Crippen molar-refractivity contribution in [2.75, 3.05) is 20.7 Å². The first-order valence-corrected chi connectivity index (χ1v) is 8.98. The van der Waals surface area contributed by atoms with E-state index in [1.165, 1.54) is 11.1 Å². The van der Waals surface area contributed by atoms with Crippen molar-refractivity contribution in [3.63, 3.8) is 0 Å². The molecule has 3 aliphatic rings. The Bertz CT molecular complexity index is 701. The van der Waals surface area contributed by atoms with E-state index in [0.29, 0.717) is 12.5 Å². The Morgan fingerprint density at radius 2 is 2.12 bits per heavy atom. The number of benzene rings is 1. The first-order chi connectivity index (χ1) is 11.4. The Kier molecular flexibility index (Phi) is 4.38. The Morgan fingerprint density at radius 1 is 1.36 bits per heavy atom. The van der Waals surface area contributed by atoms with Gasteiger partial charge in [0.25, 0.3) is 0 Å². The van der Waals surface area contributed by atoms with Crippen LogP contribution in [0.5, 0.6) is 11.5 Å². The van der Waals surface area contributed by atoms with Crippen molar-refractivity contribution in [3.05, 3.63) is 35.4 Å². The number of methoxy groups -OCH3 is 1. The minimum atomic E-state index is -0.418. The lowest BCUT2D eigenvalue weighted by Gasteiger charge is -2.40. The molecule has 25 heavy (non-hydrogen) atoms. The third-order valence-corrected chi connectivity index (χ3v) is 6.61. The smallest absolute Gasteiger partial charge is 0.166 e. The zero-order valence-electron chi connectivity index (χ0n) is 15.5. The molecule has 0 amide bonds. The molecule has 1 aromatic rings. The van der Waals surface area contributed by atoms with Crippen molar-refractivity contribution in [1.82, 2.24) is 0 Å². The van der Waals surface area contributed by atoms with Crippen molar-refractivity contribution in [3.8, 4) is 11.5 Å². The summed E-state index contributed by atoms with van der Waals surface area (Å²) in [5.41, 5.74) is 2.55. The molecule has 5 nitrogen and oxygen atoms in total. The SMILES string of the molecule is COc1ccc2c3c1O[C@H]1C[C@@H](O)C=C[C@@]31CC[N+](C)(C(C)C)C2.[OH-]. The molecule has 2 aliphatic heterocycles. The molecule has 1 aromatic carbocycles. The summed E-state index contributed by atoms with van der Waals surface area (Å²) >= 11 is 0. The van der Waals surface area contributed by atoms with Crippen molar-refractivity contribution in [1.29, 1.82) is 0 Å². The monoisotopic (exact) mass is 347 g/mol. The normalized spacial score (nSPS) is 35.3. The van der Waals surface area contributed by atoms with Gasteiger partial charge in [0.05, 0.1) is 38.3 Å². The molecule has 138 valence electrons. The van der Waals surface area contributed by atoms with Crippen molar-refractivity contribution >= 4 is 0 Å². The first-order valence-electron chi connectivity index (χ1n) is 8.98. The van der Waals surface area contributed by atoms with Crippen LogP contribution in [0.2, 0.25) is 0 Å². The molecule has 0 aromatic heterocycles. The van der Waals surface area contributed by atoms with Crippen molar-refractivity contribution in [2.24, 2.45) is 0 Å². The highest BCUT2D eigenvalue weighted by atomic mass is 16.5. The maximum absolute atomic E-state index is 10.1. The highest BCUT2D eigenvalue weighted by Crippen LogP contribution is 2.56. The summed E-state index contributed by atoms with van der Waals surface area (Å²) in [7, 11) is 4.06. The third kappa shape index (κ3) is 2.48. The van der Waals surface area contributed by atoms with Gasteiger partial charge in [0.15, 0.2) is 11.5 Å². The Hall–Kier alpha value is -1.56. The highest BCUT2D eigenvalue weighted by Gasteiger charge is 2.54. The summed E-state index contributed by atoms with van der Waals surface area (Å²) in [6.07, 6.45) is 5.46. The molecule has 0 radical (unpaired) electrons. The number of hydrogen-bond donors (Lipinski definition) is 1. The molecule has 4 rings (SSSR count). The lowest BCUT2D eigenvalue weighted by molar-refractivity contribution is -0.942. The molecule has 1 aliphatic carbocycles. The number of hydrogen-bond acceptors (Lipinski definition) is 4. The fourth-order valence-electron chi connectivity index (χ4n) is 4.68. The topological polar surface area (TPSA) is 68.7 Å². The third-order valence-electron chi connectivity index (χ3n) is 6.61. The number of aliphatic hydroxyl groups is 1. The molecule has 1 spiro atoms. The van der Waals surface area contributed by atoms with Crippen LogP contribution < -0.4 is 9.47 Å². The Morgan fingerprint density at radius 3 is 2.80 bits per heavy atom. The van der Waals surface area contributed by atoms with Crippen LogP contribution in [0.4, 0.5) is 0 Å². The summed E-state index contributed by atoms with van der Waals surface area (Å²) in [6.45, 7) is 6.73. The van der Waals surface area contributed by atoms with E-state index in [-0.39, 0.29) is 17.0 Å². The van der Waals surface area contributed by atoms with Gasteiger partial charge in [-0.25, -0.2) is 0 Å². The standard InChI is InChI=1S/C20H28NO3.H2O/c1-13(2)21(3)10-9-20-8-7-15(22)11-17(20)24-19-16(23-4)6-5-14(12-21)18(19)20;/h5-8,13,15,17,22H,9-12H2,1-4H3;1H2/q+1;/p-1/t15-,17-,20-,21?;/m0./s1. The van der Waals surface area contributed by atoms with E-state index >= 15 is 0 Å². The molecule has 5 heteroatoms. The Balaban J connectivity index is 0.00000182. The molecule has 2 heterocycles. The largest absolute Gasteiger partial charge is 0.870 e. The maximum atomic E-state index is 10.1. The van der Waals surface area contributed by atoms with Crippen molar-refractivity contribution in [2.45, 2.75) is 56.9 Å². The Labute approximate surface area is 149 Å². The van der Waals surface area contributed by atoms with Crippen LogP contribution in [0.25, 0.3) is 0 Å². The molecule has 0 saturated carbocycles. The van der Waals surface area contributed by atoms with E-state index in [9.17, 15) is 5.11 Å². The second-order valence-electron chi connectivity index (χ2n) is 8.14. The molecule has 0 bridgehead atoms. The van der Waals surface area contributed by atoms with E-state index in [1.807, 2.05) is 12.1 Å². The molecule has 4 atom stereocenters. The number of ether oxygens (including phenoxy) is 2. The van der Waals surface area contributed by atoms with E-state index in [4.69, 9.17) is 9.47 Å². The van der Waals surface area contributed by atoms with E-state index in [0.717, 1.165) is 35.5 Å². The van der Waals surface area contributed by atoms with Gasteiger partial charge in [-0.1, -0.05) is 12.2 Å². The lowest BCUT2D eigenvalue weighted by Crippen LogP contribution is -2.50. The van der Waals surface area contributed by atoms with Gasteiger partial charge in [0, 0.05) is 24.0 Å². The van der Waals surface area contributed by atoms with E-state index in [1.54, 1.807) is 7.11 Å². The first kappa shape index (κ1) is 18.2. The molecule has 1 unspecified atom stereocenters. The van der Waals surface area contributed by atoms with Gasteiger partial charge in [0.2, 0.25) is 0 Å². The summed E-state index contributed by atoms with van der Waals surface area (Å²) < 4.78 is 13.0. The fraction of sp³-hybridized carbons (Fsp3) is 0.600. The van der Waals surface area contributed by atoms with Gasteiger partial charge in [0.1, 0.15) is 12.6 Å². The number of rotatable bonds is 2. The summed E-state index contributed by atoms with van der Waals surface area (Å²) in [5, 5.41) is 10.1. The number of nitrogens with zero attached hydrogens (tertiary/aromatic N) is 1. The average molecular weight is 347 g/mol. The molecule has 0 saturated heterocycles. The van der Waals surface area contributed by atoms with Crippen LogP contribution in [-0.4, -0.2) is 54.0 Å². The predicted octanol–water partition coefficient (Wildman–Crippen LogP) is 2.60. The van der Waals surface area contributed by atoms with Crippen LogP contribution in [0.15, 0.2) is 24.3 Å². The second kappa shape index (κ2) is 6.01. The zero-order valence-corrected chi connectivity index (χ0v) is 15.5. The molecule has 2 N–H and O–H groups in total. The molecular weight excluding hydrogens is 318 g/mol. The zero-order chi connectivity index (χ0) is 17.1. The predicted molar refractivity (Wildman–Crippen MR) is 95.3 cm³/mol. The van der Waals surface area contributed by atoms with Crippen LogP contribution in [0, 0.1) is 0 Å². The highest BCUT2D eigenvalue weighted by molar-refractivity contribution is 5.60. The van der Waals surface area contributed by atoms with Gasteiger partial charge in [-0.3, -0.25) is 0 Å². The maximum Gasteiger partial charge on any atom is 0.166 e. The van der Waals surface area contributed by atoms with Crippen LogP contribution >= 0.6 is 0 Å². The van der Waals surface area contributed by atoms with E-state index in [2.05, 4.69) is 33.0 Å². The summed E-state index contributed by atoms with van der Waals surface area (Å²) in [5.74, 6) is 1.71. The van der Waals surface area contributed by atoms with Gasteiger partial charge in [-0.15, -0.1) is 0 Å². The second-order valence-corrected chi connectivity index (χ2v) is 8.14. The van der Waals surface area contributed by atoms with E-state index < -0.39 is 6.10 Å². The summed E-state index contributed by atoms with van der Waals surface area (Å²) in [6, 6.07) is 4.82. The minimum Gasteiger partial charge on any atom is -0.870 e. The van der Waals surface area contributed by atoms with Gasteiger partial charge in [-0.05, 0) is 26.0 Å². The van der Waals surface area contributed by atoms with Gasteiger partial charge < -0.3 is 24.5 Å². The van der Waals surface area contributed by atoms with Crippen LogP contribution in [0.1, 0.15) is 37.8 Å². The average Bonchev–Trinajstić information content (AvgIpc) is 2.81. The van der Waals surface area contributed by atoms with Crippen LogP contribution in [0.3, 0.4) is 0 Å². The summed E-state index contributed by atoms with van der Waals surface area (Å²) in [4.78, 5) is 0. The van der Waals surface area contributed by atoms with Gasteiger partial charge in [-0.2, -0.15) is 0 Å².